The summed E-state index contributed by atoms with van der Waals surface area (Å²) < 4.78 is 10.00. The standard InChI is InChI=1S/C16H13Cl2NO4/c1-9-11(16(21)22-2)8-10(23-9)6-7-14(20)19-13-5-3-4-12(17)15(13)18/h3-8H,1-2H3,(H,19,20)/b7-6+. The molecule has 1 aromatic heterocycles. The van der Waals surface area contributed by atoms with Gasteiger partial charge in [0.05, 0.1) is 22.8 Å². The monoisotopic (exact) mass is 353 g/mol. The number of nitrogens with one attached hydrogen (secondary N) is 1. The quantitative estimate of drug-likeness (QED) is 0.655. The van der Waals surface area contributed by atoms with Crippen LogP contribution in [-0.2, 0) is 9.53 Å². The van der Waals surface area contributed by atoms with Gasteiger partial charge in [0.2, 0.25) is 5.91 Å². The number of carbonyl (C=O) groups excluding carboxylic acids is 2. The van der Waals surface area contributed by atoms with Gasteiger partial charge in [0.15, 0.2) is 0 Å². The summed E-state index contributed by atoms with van der Waals surface area (Å²) in [6.45, 7) is 1.63. The van der Waals surface area contributed by atoms with Crippen LogP contribution in [0.3, 0.4) is 0 Å². The highest BCUT2D eigenvalue weighted by Crippen LogP contribution is 2.29. The van der Waals surface area contributed by atoms with Gasteiger partial charge in [0.25, 0.3) is 0 Å². The number of hydrogen-bond donors (Lipinski definition) is 1. The maximum absolute atomic E-state index is 11.9. The molecule has 0 radical (unpaired) electrons. The number of anilines is 1. The van der Waals surface area contributed by atoms with Gasteiger partial charge in [-0.15, -0.1) is 0 Å². The van der Waals surface area contributed by atoms with E-state index in [2.05, 4.69) is 10.1 Å². The van der Waals surface area contributed by atoms with Crippen molar-refractivity contribution in [3.05, 3.63) is 57.5 Å². The average Bonchev–Trinajstić information content (AvgIpc) is 2.90. The fourth-order valence-electron chi connectivity index (χ4n) is 1.83. The summed E-state index contributed by atoms with van der Waals surface area (Å²) in [7, 11) is 1.28. The summed E-state index contributed by atoms with van der Waals surface area (Å²) in [5, 5.41) is 3.21. The van der Waals surface area contributed by atoms with Crippen molar-refractivity contribution >= 4 is 46.8 Å². The van der Waals surface area contributed by atoms with E-state index in [1.807, 2.05) is 0 Å². The van der Waals surface area contributed by atoms with Crippen LogP contribution in [0.15, 0.2) is 34.8 Å². The molecule has 5 nitrogen and oxygen atoms in total. The molecule has 1 N–H and O–H groups in total. The van der Waals surface area contributed by atoms with Crippen molar-refractivity contribution < 1.29 is 18.7 Å². The highest BCUT2D eigenvalue weighted by atomic mass is 35.5. The van der Waals surface area contributed by atoms with Gasteiger partial charge < -0.3 is 14.5 Å². The predicted molar refractivity (Wildman–Crippen MR) is 88.9 cm³/mol. The summed E-state index contributed by atoms with van der Waals surface area (Å²) in [6.07, 6.45) is 2.70. The van der Waals surface area contributed by atoms with E-state index in [1.165, 1.54) is 25.3 Å². The Morgan fingerprint density at radius 1 is 1.30 bits per heavy atom. The molecule has 0 fully saturated rings. The summed E-state index contributed by atoms with van der Waals surface area (Å²) in [6, 6.07) is 6.42. The van der Waals surface area contributed by atoms with Crippen LogP contribution in [0, 0.1) is 6.92 Å². The van der Waals surface area contributed by atoms with E-state index < -0.39 is 11.9 Å². The zero-order valence-corrected chi connectivity index (χ0v) is 13.9. The Kier molecular flexibility index (Phi) is 5.47. The van der Waals surface area contributed by atoms with E-state index in [9.17, 15) is 9.59 Å². The Bertz CT molecular complexity index is 780. The number of hydrogen-bond acceptors (Lipinski definition) is 4. The molecule has 0 saturated heterocycles. The van der Waals surface area contributed by atoms with Gasteiger partial charge in [-0.3, -0.25) is 4.79 Å². The van der Waals surface area contributed by atoms with Crippen LogP contribution in [0.1, 0.15) is 21.9 Å². The van der Waals surface area contributed by atoms with Crippen LogP contribution in [-0.4, -0.2) is 19.0 Å². The molecule has 0 saturated carbocycles. The van der Waals surface area contributed by atoms with Crippen LogP contribution in [0.4, 0.5) is 5.69 Å². The van der Waals surface area contributed by atoms with E-state index >= 15 is 0 Å². The molecule has 7 heteroatoms. The molecular formula is C16H13Cl2NO4. The highest BCUT2D eigenvalue weighted by Gasteiger charge is 2.14. The molecule has 0 aliphatic heterocycles. The molecule has 0 aliphatic carbocycles. The van der Waals surface area contributed by atoms with E-state index in [4.69, 9.17) is 27.6 Å². The van der Waals surface area contributed by atoms with Crippen molar-refractivity contribution in [2.45, 2.75) is 6.92 Å². The highest BCUT2D eigenvalue weighted by molar-refractivity contribution is 6.44. The third-order valence-corrected chi connectivity index (χ3v) is 3.77. The summed E-state index contributed by atoms with van der Waals surface area (Å²) in [5.41, 5.74) is 0.713. The maximum atomic E-state index is 11.9. The first-order valence-corrected chi connectivity index (χ1v) is 7.29. The minimum atomic E-state index is -0.499. The summed E-state index contributed by atoms with van der Waals surface area (Å²) >= 11 is 11.9. The molecule has 0 spiro atoms. The van der Waals surface area contributed by atoms with Gasteiger partial charge in [-0.2, -0.15) is 0 Å². The molecule has 1 heterocycles. The first-order valence-electron chi connectivity index (χ1n) is 6.54. The van der Waals surface area contributed by atoms with E-state index in [-0.39, 0.29) is 5.02 Å². The van der Waals surface area contributed by atoms with Gasteiger partial charge >= 0.3 is 5.97 Å². The average molecular weight is 354 g/mol. The Hall–Kier alpha value is -2.24. The van der Waals surface area contributed by atoms with Gasteiger partial charge in [0.1, 0.15) is 17.1 Å². The number of amides is 1. The van der Waals surface area contributed by atoms with Crippen molar-refractivity contribution in [2.24, 2.45) is 0 Å². The van der Waals surface area contributed by atoms with Crippen LogP contribution in [0.25, 0.3) is 6.08 Å². The predicted octanol–water partition coefficient (Wildman–Crippen LogP) is 4.33. The van der Waals surface area contributed by atoms with Crippen molar-refractivity contribution in [1.29, 1.82) is 0 Å². The smallest absolute Gasteiger partial charge is 0.341 e. The van der Waals surface area contributed by atoms with Gasteiger partial charge in [0, 0.05) is 6.08 Å². The van der Waals surface area contributed by atoms with Crippen molar-refractivity contribution in [1.82, 2.24) is 0 Å². The van der Waals surface area contributed by atoms with Crippen LogP contribution in [0.2, 0.25) is 10.0 Å². The normalized spacial score (nSPS) is 10.8. The number of methoxy groups -OCH3 is 1. The topological polar surface area (TPSA) is 68.5 Å². The lowest BCUT2D eigenvalue weighted by molar-refractivity contribution is -0.111. The van der Waals surface area contributed by atoms with Crippen LogP contribution < -0.4 is 5.32 Å². The molecular weight excluding hydrogens is 341 g/mol. The molecule has 23 heavy (non-hydrogen) atoms. The molecule has 1 amide bonds. The summed E-state index contributed by atoms with van der Waals surface area (Å²) in [4.78, 5) is 23.4. The molecule has 0 aliphatic rings. The number of benzene rings is 1. The van der Waals surface area contributed by atoms with Crippen LogP contribution in [0.5, 0.6) is 0 Å². The number of carbonyl (C=O) groups is 2. The van der Waals surface area contributed by atoms with Crippen molar-refractivity contribution in [3.8, 4) is 0 Å². The number of esters is 1. The minimum Gasteiger partial charge on any atom is -0.465 e. The van der Waals surface area contributed by atoms with E-state index in [0.29, 0.717) is 27.8 Å². The summed E-state index contributed by atoms with van der Waals surface area (Å²) in [5.74, 6) is -0.145. The first kappa shape index (κ1) is 17.1. The van der Waals surface area contributed by atoms with E-state index in [0.717, 1.165) is 0 Å². The Morgan fingerprint density at radius 2 is 2.04 bits per heavy atom. The number of aryl methyl sites for hydroxylation is 1. The molecule has 2 aromatic rings. The number of halogens is 2. The van der Waals surface area contributed by atoms with Crippen molar-refractivity contribution in [3.63, 3.8) is 0 Å². The molecule has 1 aromatic carbocycles. The molecule has 0 atom stereocenters. The Morgan fingerprint density at radius 3 is 2.74 bits per heavy atom. The lowest BCUT2D eigenvalue weighted by atomic mass is 10.2. The van der Waals surface area contributed by atoms with Gasteiger partial charge in [-0.05, 0) is 31.2 Å². The van der Waals surface area contributed by atoms with Crippen LogP contribution >= 0.6 is 23.2 Å². The largest absolute Gasteiger partial charge is 0.465 e. The molecule has 0 bridgehead atoms. The lowest BCUT2D eigenvalue weighted by Crippen LogP contribution is -2.08. The first-order chi connectivity index (χ1) is 10.9. The second-order valence-electron chi connectivity index (χ2n) is 4.53. The molecule has 120 valence electrons. The number of furan rings is 1. The molecule has 2 rings (SSSR count). The minimum absolute atomic E-state index is 0.262. The fraction of sp³-hybridized carbons (Fsp3) is 0.125. The third kappa shape index (κ3) is 4.15. The van der Waals surface area contributed by atoms with E-state index in [1.54, 1.807) is 25.1 Å². The number of ether oxygens (including phenoxy) is 1. The Balaban J connectivity index is 2.10. The van der Waals surface area contributed by atoms with Gasteiger partial charge in [-0.25, -0.2) is 4.79 Å². The second-order valence-corrected chi connectivity index (χ2v) is 5.32. The maximum Gasteiger partial charge on any atom is 0.341 e. The Labute approximate surface area is 142 Å². The fourth-order valence-corrected chi connectivity index (χ4v) is 2.18. The third-order valence-electron chi connectivity index (χ3n) is 2.95. The van der Waals surface area contributed by atoms with Gasteiger partial charge in [-0.1, -0.05) is 29.3 Å². The van der Waals surface area contributed by atoms with Crippen molar-refractivity contribution in [2.75, 3.05) is 12.4 Å². The molecule has 0 unspecified atom stereocenters. The number of rotatable bonds is 4. The second kappa shape index (κ2) is 7.35. The SMILES string of the molecule is COC(=O)c1cc(/C=C/C(=O)Nc2cccc(Cl)c2Cl)oc1C. The lowest BCUT2D eigenvalue weighted by Gasteiger charge is -2.05. The zero-order chi connectivity index (χ0) is 17.0. The zero-order valence-electron chi connectivity index (χ0n) is 12.4.